The summed E-state index contributed by atoms with van der Waals surface area (Å²) in [7, 11) is 1.33. The quantitative estimate of drug-likeness (QED) is 0.389. The third kappa shape index (κ3) is 4.70. The maximum atomic E-state index is 12.0. The van der Waals surface area contributed by atoms with Crippen molar-refractivity contribution >= 4 is 67.7 Å². The molecule has 10 heteroatoms. The van der Waals surface area contributed by atoms with Crippen molar-refractivity contribution in [3.05, 3.63) is 46.6 Å². The van der Waals surface area contributed by atoms with E-state index in [1.807, 2.05) is 13.0 Å². The van der Waals surface area contributed by atoms with E-state index in [4.69, 9.17) is 17.0 Å². The van der Waals surface area contributed by atoms with Crippen molar-refractivity contribution < 1.29 is 9.53 Å². The van der Waals surface area contributed by atoms with Crippen molar-refractivity contribution in [2.24, 2.45) is 0 Å². The fourth-order valence-electron chi connectivity index (χ4n) is 2.39. The van der Waals surface area contributed by atoms with Gasteiger partial charge < -0.3 is 20.7 Å². The van der Waals surface area contributed by atoms with Crippen LogP contribution >= 0.6 is 28.1 Å². The van der Waals surface area contributed by atoms with Gasteiger partial charge in [0.25, 0.3) is 0 Å². The monoisotopic (exact) mass is 460 g/mol. The lowest BCUT2D eigenvalue weighted by atomic mass is 10.2. The number of halogens is 1. The molecular formula is C18H17BrN6O2S. The molecule has 28 heavy (non-hydrogen) atoms. The van der Waals surface area contributed by atoms with Crippen molar-refractivity contribution in [3.63, 3.8) is 0 Å². The molecule has 0 unspecified atom stereocenters. The minimum Gasteiger partial charge on any atom is -0.465 e. The first-order valence-corrected chi connectivity index (χ1v) is 9.54. The van der Waals surface area contributed by atoms with Crippen LogP contribution in [-0.4, -0.2) is 39.7 Å². The van der Waals surface area contributed by atoms with Crippen LogP contribution in [0.5, 0.6) is 0 Å². The predicted molar refractivity (Wildman–Crippen MR) is 116 cm³/mol. The second-order valence-electron chi connectivity index (χ2n) is 5.59. The van der Waals surface area contributed by atoms with Crippen LogP contribution in [0, 0.1) is 0 Å². The third-order valence-electron chi connectivity index (χ3n) is 3.64. The summed E-state index contributed by atoms with van der Waals surface area (Å²) in [6.07, 6.45) is 1.57. The van der Waals surface area contributed by atoms with Crippen LogP contribution in [0.25, 0.3) is 11.2 Å². The summed E-state index contributed by atoms with van der Waals surface area (Å²) in [6, 6.07) is 8.81. The number of hydrogen-bond acceptors (Lipinski definition) is 7. The van der Waals surface area contributed by atoms with E-state index in [2.05, 4.69) is 46.8 Å². The zero-order valence-corrected chi connectivity index (χ0v) is 17.5. The van der Waals surface area contributed by atoms with Gasteiger partial charge in [0.2, 0.25) is 0 Å². The zero-order valence-electron chi connectivity index (χ0n) is 15.1. The average molecular weight is 461 g/mol. The molecule has 3 aromatic rings. The summed E-state index contributed by atoms with van der Waals surface area (Å²) in [4.78, 5) is 25.3. The number of carbonyl (C=O) groups excluding carboxylic acids is 1. The Morgan fingerprint density at radius 3 is 2.75 bits per heavy atom. The van der Waals surface area contributed by atoms with Gasteiger partial charge in [-0.2, -0.15) is 0 Å². The smallest absolute Gasteiger partial charge is 0.340 e. The number of nitrogens with zero attached hydrogens (tertiary/aromatic N) is 3. The summed E-state index contributed by atoms with van der Waals surface area (Å²) in [6.45, 7) is 2.67. The third-order valence-corrected chi connectivity index (χ3v) is 4.38. The van der Waals surface area contributed by atoms with Crippen molar-refractivity contribution in [3.8, 4) is 0 Å². The molecule has 0 aliphatic carbocycles. The molecule has 0 atom stereocenters. The molecule has 0 saturated heterocycles. The van der Waals surface area contributed by atoms with Gasteiger partial charge in [-0.25, -0.2) is 19.7 Å². The molecule has 0 saturated carbocycles. The molecule has 3 N–H and O–H groups in total. The molecule has 0 amide bonds. The number of benzene rings is 1. The summed E-state index contributed by atoms with van der Waals surface area (Å²) in [5.74, 6) is 0.543. The van der Waals surface area contributed by atoms with Crippen molar-refractivity contribution in [2.45, 2.75) is 6.92 Å². The van der Waals surface area contributed by atoms with Gasteiger partial charge in [0, 0.05) is 11.0 Å². The zero-order chi connectivity index (χ0) is 20.1. The maximum absolute atomic E-state index is 12.0. The molecule has 0 aliphatic heterocycles. The molecule has 0 bridgehead atoms. The van der Waals surface area contributed by atoms with E-state index < -0.39 is 5.97 Å². The summed E-state index contributed by atoms with van der Waals surface area (Å²) >= 11 is 8.53. The van der Waals surface area contributed by atoms with E-state index >= 15 is 0 Å². The largest absolute Gasteiger partial charge is 0.465 e. The van der Waals surface area contributed by atoms with Crippen LogP contribution in [0.2, 0.25) is 0 Å². The molecule has 0 fully saturated rings. The molecule has 0 aliphatic rings. The Kier molecular flexibility index (Phi) is 6.32. The van der Waals surface area contributed by atoms with Gasteiger partial charge >= 0.3 is 5.97 Å². The number of methoxy groups -OCH3 is 1. The van der Waals surface area contributed by atoms with E-state index in [0.29, 0.717) is 45.7 Å². The van der Waals surface area contributed by atoms with Crippen molar-refractivity contribution in [2.75, 3.05) is 24.3 Å². The SMILES string of the molecule is CCNC(=S)Nc1ccc2ncc(Nc3ccc(Br)cc3C(=O)OC)nc2n1. The number of rotatable bonds is 5. The van der Waals surface area contributed by atoms with Gasteiger partial charge in [0.05, 0.1) is 24.6 Å². The van der Waals surface area contributed by atoms with E-state index in [9.17, 15) is 4.79 Å². The molecule has 2 aromatic heterocycles. The normalized spacial score (nSPS) is 10.4. The van der Waals surface area contributed by atoms with Crippen LogP contribution in [0.1, 0.15) is 17.3 Å². The van der Waals surface area contributed by atoms with E-state index in [0.717, 1.165) is 4.47 Å². The first kappa shape index (κ1) is 19.9. The molecular weight excluding hydrogens is 444 g/mol. The van der Waals surface area contributed by atoms with E-state index in [1.165, 1.54) is 7.11 Å². The minimum absolute atomic E-state index is 0.373. The van der Waals surface area contributed by atoms with Crippen LogP contribution in [0.3, 0.4) is 0 Å². The number of anilines is 3. The van der Waals surface area contributed by atoms with E-state index in [1.54, 1.807) is 30.5 Å². The number of nitrogens with one attached hydrogen (secondary N) is 3. The van der Waals surface area contributed by atoms with Crippen LogP contribution in [0.4, 0.5) is 17.3 Å². The highest BCUT2D eigenvalue weighted by molar-refractivity contribution is 9.10. The standard InChI is InChI=1S/C18H17BrN6O2S/c1-3-20-18(28)25-14-7-6-13-16(23-14)24-15(9-21-13)22-12-5-4-10(19)8-11(12)17(26)27-2/h4-9H,3H2,1-2H3,(H3,20,22,23,24,25,28). The lowest BCUT2D eigenvalue weighted by Gasteiger charge is -2.11. The van der Waals surface area contributed by atoms with Crippen LogP contribution in [-0.2, 0) is 4.74 Å². The second-order valence-corrected chi connectivity index (χ2v) is 6.91. The van der Waals surface area contributed by atoms with Gasteiger partial charge in [0.1, 0.15) is 11.3 Å². The Morgan fingerprint density at radius 2 is 2.00 bits per heavy atom. The Bertz CT molecular complexity index is 1050. The average Bonchev–Trinajstić information content (AvgIpc) is 2.68. The number of ether oxygens (including phenoxy) is 1. The predicted octanol–water partition coefficient (Wildman–Crippen LogP) is 3.62. The highest BCUT2D eigenvalue weighted by atomic mass is 79.9. The van der Waals surface area contributed by atoms with Gasteiger partial charge in [-0.05, 0) is 49.5 Å². The molecule has 3 rings (SSSR count). The maximum Gasteiger partial charge on any atom is 0.340 e. The van der Waals surface area contributed by atoms with Crippen molar-refractivity contribution in [1.82, 2.24) is 20.3 Å². The molecule has 8 nitrogen and oxygen atoms in total. The molecule has 2 heterocycles. The molecule has 144 valence electrons. The van der Waals surface area contributed by atoms with Gasteiger partial charge in [-0.3, -0.25) is 0 Å². The first-order chi connectivity index (χ1) is 13.5. The van der Waals surface area contributed by atoms with Crippen LogP contribution in [0.15, 0.2) is 41.0 Å². The highest BCUT2D eigenvalue weighted by Gasteiger charge is 2.14. The summed E-state index contributed by atoms with van der Waals surface area (Å²) in [5.41, 5.74) is 1.99. The number of pyridine rings is 1. The van der Waals surface area contributed by atoms with Gasteiger partial charge in [0.15, 0.2) is 16.6 Å². The first-order valence-electron chi connectivity index (χ1n) is 8.33. The summed E-state index contributed by atoms with van der Waals surface area (Å²) < 4.78 is 5.60. The van der Waals surface area contributed by atoms with Crippen LogP contribution < -0.4 is 16.0 Å². The molecule has 0 spiro atoms. The number of esters is 1. The summed E-state index contributed by atoms with van der Waals surface area (Å²) in [5, 5.41) is 9.57. The Morgan fingerprint density at radius 1 is 1.21 bits per heavy atom. The lowest BCUT2D eigenvalue weighted by Crippen LogP contribution is -2.28. The topological polar surface area (TPSA) is 101 Å². The number of aromatic nitrogens is 3. The fraction of sp³-hybridized carbons (Fsp3) is 0.167. The fourth-order valence-corrected chi connectivity index (χ4v) is 3.00. The number of carbonyl (C=O) groups is 1. The van der Waals surface area contributed by atoms with Crippen molar-refractivity contribution in [1.29, 1.82) is 0 Å². The lowest BCUT2D eigenvalue weighted by molar-refractivity contribution is 0.0602. The number of thiocarbonyl (C=S) groups is 1. The number of fused-ring (bicyclic) bond motifs is 1. The Hall–Kier alpha value is -2.85. The van der Waals surface area contributed by atoms with Gasteiger partial charge in [-0.1, -0.05) is 15.9 Å². The highest BCUT2D eigenvalue weighted by Crippen LogP contribution is 2.25. The van der Waals surface area contributed by atoms with E-state index in [-0.39, 0.29) is 0 Å². The Balaban J connectivity index is 1.90. The molecule has 1 aromatic carbocycles. The van der Waals surface area contributed by atoms with Gasteiger partial charge in [-0.15, -0.1) is 0 Å². The number of hydrogen-bond donors (Lipinski definition) is 3. The minimum atomic E-state index is -0.459. The second kappa shape index (κ2) is 8.89. The Labute approximate surface area is 175 Å². The molecule has 0 radical (unpaired) electrons.